The highest BCUT2D eigenvalue weighted by atomic mass is 15.2. The van der Waals surface area contributed by atoms with Gasteiger partial charge in [0.05, 0.1) is 0 Å². The van der Waals surface area contributed by atoms with Crippen molar-refractivity contribution < 1.29 is 0 Å². The molecule has 1 aromatic rings. The second-order valence-corrected chi connectivity index (χ2v) is 9.85. The number of likely N-dealkylation sites (tertiary alicyclic amines) is 1. The van der Waals surface area contributed by atoms with Gasteiger partial charge in [-0.05, 0) is 102 Å². The molecule has 1 aromatic carbocycles. The Labute approximate surface area is 174 Å². The standard InChI is InChI=1S/C26H44N2/c1-6-8-10-22-11-12-25(21(3)19-22)26(27(4)5)16-13-24(14-17-26)28-18-15-23(20-28)9-7-2/h11-12,19,23-24H,6-10,13-18,20H2,1-5H3. The molecule has 1 atom stereocenters. The van der Waals surface area contributed by atoms with Crippen molar-refractivity contribution in [2.45, 2.75) is 96.6 Å². The van der Waals surface area contributed by atoms with Crippen LogP contribution in [0.4, 0.5) is 0 Å². The molecule has 1 aliphatic carbocycles. The molecule has 1 saturated heterocycles. The van der Waals surface area contributed by atoms with Crippen LogP contribution in [0.2, 0.25) is 0 Å². The van der Waals surface area contributed by atoms with E-state index in [0.717, 1.165) is 12.0 Å². The van der Waals surface area contributed by atoms with Gasteiger partial charge in [0.2, 0.25) is 0 Å². The minimum Gasteiger partial charge on any atom is -0.300 e. The first-order valence-corrected chi connectivity index (χ1v) is 12.0. The van der Waals surface area contributed by atoms with E-state index in [-0.39, 0.29) is 5.54 Å². The summed E-state index contributed by atoms with van der Waals surface area (Å²) in [6, 6.07) is 8.16. The second-order valence-electron chi connectivity index (χ2n) is 9.85. The molecule has 158 valence electrons. The van der Waals surface area contributed by atoms with Gasteiger partial charge < -0.3 is 4.90 Å². The fourth-order valence-electron chi connectivity index (χ4n) is 6.03. The molecule has 0 N–H and O–H groups in total. The zero-order valence-corrected chi connectivity index (χ0v) is 19.3. The average Bonchev–Trinajstić information content (AvgIpc) is 3.15. The molecule has 1 unspecified atom stereocenters. The Morgan fingerprint density at radius 3 is 2.43 bits per heavy atom. The van der Waals surface area contributed by atoms with Gasteiger partial charge in [0.15, 0.2) is 0 Å². The maximum absolute atomic E-state index is 2.83. The van der Waals surface area contributed by atoms with Gasteiger partial charge in [0.25, 0.3) is 0 Å². The number of nitrogens with zero attached hydrogens (tertiary/aromatic N) is 2. The summed E-state index contributed by atoms with van der Waals surface area (Å²) in [5, 5.41) is 0. The molecule has 0 aromatic heterocycles. The van der Waals surface area contributed by atoms with Gasteiger partial charge in [-0.15, -0.1) is 0 Å². The summed E-state index contributed by atoms with van der Waals surface area (Å²) < 4.78 is 0. The summed E-state index contributed by atoms with van der Waals surface area (Å²) >= 11 is 0. The first-order valence-electron chi connectivity index (χ1n) is 12.0. The minimum absolute atomic E-state index is 0.229. The Balaban J connectivity index is 1.69. The quantitative estimate of drug-likeness (QED) is 0.529. The topological polar surface area (TPSA) is 6.48 Å². The molecule has 2 nitrogen and oxygen atoms in total. The smallest absolute Gasteiger partial charge is 0.0458 e. The lowest BCUT2D eigenvalue weighted by Crippen LogP contribution is -2.48. The highest BCUT2D eigenvalue weighted by Gasteiger charge is 2.41. The molecule has 1 aliphatic heterocycles. The summed E-state index contributed by atoms with van der Waals surface area (Å²) in [6.07, 6.45) is 13.3. The van der Waals surface area contributed by atoms with E-state index in [2.05, 4.69) is 62.9 Å². The fourth-order valence-corrected chi connectivity index (χ4v) is 6.03. The van der Waals surface area contributed by atoms with Gasteiger partial charge in [-0.2, -0.15) is 0 Å². The molecule has 0 amide bonds. The lowest BCUT2D eigenvalue weighted by molar-refractivity contribution is 0.0550. The third-order valence-corrected chi connectivity index (χ3v) is 7.78. The van der Waals surface area contributed by atoms with Crippen LogP contribution < -0.4 is 0 Å². The lowest BCUT2D eigenvalue weighted by atomic mass is 9.72. The fraction of sp³-hybridized carbons (Fsp3) is 0.769. The van der Waals surface area contributed by atoms with Crippen LogP contribution >= 0.6 is 0 Å². The van der Waals surface area contributed by atoms with Crippen LogP contribution in [0.1, 0.15) is 88.3 Å². The van der Waals surface area contributed by atoms with Crippen LogP contribution in [-0.4, -0.2) is 43.0 Å². The van der Waals surface area contributed by atoms with E-state index in [9.17, 15) is 0 Å². The molecule has 28 heavy (non-hydrogen) atoms. The molecule has 1 heterocycles. The Morgan fingerprint density at radius 1 is 1.07 bits per heavy atom. The maximum atomic E-state index is 2.83. The predicted molar refractivity (Wildman–Crippen MR) is 122 cm³/mol. The third kappa shape index (κ3) is 4.65. The Kier molecular flexibility index (Phi) is 7.61. The normalized spacial score (nSPS) is 28.9. The van der Waals surface area contributed by atoms with Crippen LogP contribution in [0.15, 0.2) is 18.2 Å². The van der Waals surface area contributed by atoms with Crippen molar-refractivity contribution in [2.75, 3.05) is 27.2 Å². The van der Waals surface area contributed by atoms with Crippen molar-refractivity contribution >= 4 is 0 Å². The van der Waals surface area contributed by atoms with Gasteiger partial charge in [-0.25, -0.2) is 0 Å². The summed E-state index contributed by atoms with van der Waals surface area (Å²) in [7, 11) is 4.61. The Morgan fingerprint density at radius 2 is 1.82 bits per heavy atom. The molecule has 2 heteroatoms. The van der Waals surface area contributed by atoms with Crippen LogP contribution in [0, 0.1) is 12.8 Å². The summed E-state index contributed by atoms with van der Waals surface area (Å²) in [5.74, 6) is 0.962. The van der Waals surface area contributed by atoms with Crippen LogP contribution in [0.25, 0.3) is 0 Å². The van der Waals surface area contributed by atoms with Gasteiger partial charge in [0, 0.05) is 18.1 Å². The largest absolute Gasteiger partial charge is 0.300 e. The van der Waals surface area contributed by atoms with Gasteiger partial charge in [-0.3, -0.25) is 4.90 Å². The van der Waals surface area contributed by atoms with E-state index in [1.54, 1.807) is 5.56 Å². The number of benzene rings is 1. The van der Waals surface area contributed by atoms with E-state index < -0.39 is 0 Å². The molecule has 2 aliphatic rings. The number of rotatable bonds is 8. The summed E-state index contributed by atoms with van der Waals surface area (Å²) in [5.41, 5.74) is 4.84. The number of hydrogen-bond donors (Lipinski definition) is 0. The molecule has 2 fully saturated rings. The van der Waals surface area contributed by atoms with Crippen LogP contribution in [0.3, 0.4) is 0 Å². The van der Waals surface area contributed by atoms with E-state index in [1.807, 2.05) is 0 Å². The first kappa shape index (κ1) is 21.8. The third-order valence-electron chi connectivity index (χ3n) is 7.78. The Bertz CT molecular complexity index is 613. The molecule has 3 rings (SSSR count). The van der Waals surface area contributed by atoms with E-state index in [1.165, 1.54) is 88.4 Å². The van der Waals surface area contributed by atoms with Crippen molar-refractivity contribution in [2.24, 2.45) is 5.92 Å². The van der Waals surface area contributed by atoms with Crippen LogP contribution in [0.5, 0.6) is 0 Å². The second kappa shape index (κ2) is 9.76. The molecule has 0 bridgehead atoms. The van der Waals surface area contributed by atoms with Gasteiger partial charge in [0.1, 0.15) is 0 Å². The predicted octanol–water partition coefficient (Wildman–Crippen LogP) is 6.16. The SMILES string of the molecule is CCCCc1ccc(C2(N(C)C)CCC(N3CCC(CCC)C3)CC2)c(C)c1. The Hall–Kier alpha value is -0.860. The first-order chi connectivity index (χ1) is 13.5. The van der Waals surface area contributed by atoms with Crippen molar-refractivity contribution in [1.82, 2.24) is 9.80 Å². The maximum Gasteiger partial charge on any atom is 0.0458 e. The zero-order valence-electron chi connectivity index (χ0n) is 19.3. The van der Waals surface area contributed by atoms with E-state index in [0.29, 0.717) is 0 Å². The molecular weight excluding hydrogens is 340 g/mol. The summed E-state index contributed by atoms with van der Waals surface area (Å²) in [4.78, 5) is 5.36. The van der Waals surface area contributed by atoms with Crippen molar-refractivity contribution in [3.8, 4) is 0 Å². The van der Waals surface area contributed by atoms with Crippen molar-refractivity contribution in [1.29, 1.82) is 0 Å². The zero-order chi connectivity index (χ0) is 20.1. The lowest BCUT2D eigenvalue weighted by Gasteiger charge is -2.48. The minimum atomic E-state index is 0.229. The highest BCUT2D eigenvalue weighted by Crippen LogP contribution is 2.44. The van der Waals surface area contributed by atoms with Crippen molar-refractivity contribution in [3.05, 3.63) is 34.9 Å². The van der Waals surface area contributed by atoms with E-state index >= 15 is 0 Å². The average molecular weight is 385 g/mol. The molecule has 0 radical (unpaired) electrons. The van der Waals surface area contributed by atoms with Gasteiger partial charge >= 0.3 is 0 Å². The number of hydrogen-bond acceptors (Lipinski definition) is 2. The van der Waals surface area contributed by atoms with E-state index in [4.69, 9.17) is 0 Å². The summed E-state index contributed by atoms with van der Waals surface area (Å²) in [6.45, 7) is 9.67. The highest BCUT2D eigenvalue weighted by molar-refractivity contribution is 5.37. The molecular formula is C26H44N2. The van der Waals surface area contributed by atoms with Crippen molar-refractivity contribution in [3.63, 3.8) is 0 Å². The van der Waals surface area contributed by atoms with Gasteiger partial charge in [-0.1, -0.05) is 44.9 Å². The number of unbranched alkanes of at least 4 members (excludes halogenated alkanes) is 1. The molecule has 1 saturated carbocycles. The monoisotopic (exact) mass is 384 g/mol. The molecule has 0 spiro atoms. The number of aryl methyl sites for hydroxylation is 2. The van der Waals surface area contributed by atoms with Crippen LogP contribution in [-0.2, 0) is 12.0 Å².